The molecule has 2 aromatic heterocycles. The molecule has 1 aliphatic rings. The summed E-state index contributed by atoms with van der Waals surface area (Å²) >= 11 is 1.19. The van der Waals surface area contributed by atoms with Crippen LogP contribution >= 0.6 is 11.3 Å². The zero-order valence-electron chi connectivity index (χ0n) is 14.8. The van der Waals surface area contributed by atoms with Gasteiger partial charge in [-0.2, -0.15) is 0 Å². The minimum Gasteiger partial charge on any atom is -0.368 e. The number of primary amides is 1. The van der Waals surface area contributed by atoms with E-state index in [-0.39, 0.29) is 5.01 Å². The molecular weight excluding hydrogens is 351 g/mol. The van der Waals surface area contributed by atoms with Gasteiger partial charge in [-0.3, -0.25) is 9.78 Å². The number of amides is 1. The summed E-state index contributed by atoms with van der Waals surface area (Å²) < 4.78 is 15.4. The molecule has 0 aliphatic heterocycles. The van der Waals surface area contributed by atoms with Gasteiger partial charge in [0.25, 0.3) is 0 Å². The molecule has 0 spiro atoms. The Morgan fingerprint density at radius 1 is 1.42 bits per heavy atom. The minimum atomic E-state index is -1.60. The van der Waals surface area contributed by atoms with Crippen LogP contribution in [0, 0.1) is 6.92 Å². The van der Waals surface area contributed by atoms with Gasteiger partial charge in [-0.15, -0.1) is 10.2 Å². The van der Waals surface area contributed by atoms with E-state index < -0.39 is 17.5 Å². The van der Waals surface area contributed by atoms with Crippen LogP contribution in [-0.2, 0) is 10.2 Å². The molecule has 7 heteroatoms. The van der Waals surface area contributed by atoms with Crippen LogP contribution in [0.2, 0.25) is 0 Å². The predicted molar refractivity (Wildman–Crippen MR) is 100 cm³/mol. The predicted octanol–water partition coefficient (Wildman–Crippen LogP) is 3.66. The largest absolute Gasteiger partial charge is 0.368 e. The van der Waals surface area contributed by atoms with Crippen LogP contribution in [0.3, 0.4) is 0 Å². The standard InChI is InChI=1S/C19H21FN4OS/c1-3-4-6-13-7-5-9-19(15(13)20,17(21)25)18-24-23-16(26-18)14-8-10-22-12(2)11-14/h5,7-11,15H,3-4,6H2,1-2H3,(H2,21,25). The van der Waals surface area contributed by atoms with Crippen LogP contribution < -0.4 is 5.73 Å². The van der Waals surface area contributed by atoms with Crippen molar-refractivity contribution in [2.75, 3.05) is 0 Å². The van der Waals surface area contributed by atoms with E-state index in [1.165, 1.54) is 17.4 Å². The lowest BCUT2D eigenvalue weighted by atomic mass is 9.75. The van der Waals surface area contributed by atoms with Gasteiger partial charge in [0, 0.05) is 17.5 Å². The van der Waals surface area contributed by atoms with Gasteiger partial charge in [0.2, 0.25) is 5.91 Å². The molecule has 2 N–H and O–H groups in total. The van der Waals surface area contributed by atoms with Crippen molar-refractivity contribution in [1.82, 2.24) is 15.2 Å². The molecule has 1 aliphatic carbocycles. The topological polar surface area (TPSA) is 81.8 Å². The molecule has 0 bridgehead atoms. The highest BCUT2D eigenvalue weighted by atomic mass is 32.1. The van der Waals surface area contributed by atoms with Gasteiger partial charge in [0.05, 0.1) is 0 Å². The van der Waals surface area contributed by atoms with Crippen molar-refractivity contribution in [3.8, 4) is 10.6 Å². The van der Waals surface area contributed by atoms with E-state index in [0.717, 1.165) is 24.1 Å². The van der Waals surface area contributed by atoms with Crippen LogP contribution in [0.5, 0.6) is 0 Å². The highest BCUT2D eigenvalue weighted by Crippen LogP contribution is 2.42. The van der Waals surface area contributed by atoms with Crippen LogP contribution in [0.4, 0.5) is 4.39 Å². The van der Waals surface area contributed by atoms with Gasteiger partial charge in [-0.25, -0.2) is 4.39 Å². The third-order valence-corrected chi connectivity index (χ3v) is 5.67. The van der Waals surface area contributed by atoms with Crippen molar-refractivity contribution in [3.63, 3.8) is 0 Å². The average molecular weight is 372 g/mol. The Morgan fingerprint density at radius 3 is 2.92 bits per heavy atom. The van der Waals surface area contributed by atoms with Gasteiger partial charge < -0.3 is 5.73 Å². The Morgan fingerprint density at radius 2 is 2.23 bits per heavy atom. The number of hydrogen-bond acceptors (Lipinski definition) is 5. The number of unbranched alkanes of at least 4 members (excludes halogenated alkanes) is 1. The molecule has 0 saturated carbocycles. The van der Waals surface area contributed by atoms with Crippen molar-refractivity contribution in [1.29, 1.82) is 0 Å². The molecule has 0 aromatic carbocycles. The Labute approximate surface area is 155 Å². The van der Waals surface area contributed by atoms with Gasteiger partial charge >= 0.3 is 0 Å². The number of carbonyl (C=O) groups is 1. The van der Waals surface area contributed by atoms with Crippen LogP contribution in [0.25, 0.3) is 10.6 Å². The van der Waals surface area contributed by atoms with Crippen LogP contribution in [0.15, 0.2) is 42.1 Å². The second-order valence-corrected chi connectivity index (χ2v) is 7.38. The molecule has 136 valence electrons. The van der Waals surface area contributed by atoms with E-state index in [1.807, 2.05) is 26.0 Å². The third kappa shape index (κ3) is 3.19. The quantitative estimate of drug-likeness (QED) is 0.839. The zero-order chi connectivity index (χ0) is 18.7. The molecule has 2 heterocycles. The molecule has 26 heavy (non-hydrogen) atoms. The van der Waals surface area contributed by atoms with Gasteiger partial charge in [0.1, 0.15) is 16.2 Å². The molecule has 2 unspecified atom stereocenters. The SMILES string of the molecule is CCCCC1=CC=CC(C(N)=O)(c2nnc(-c3ccnc(C)c3)s2)C1F. The van der Waals surface area contributed by atoms with Gasteiger partial charge in [-0.05, 0) is 37.5 Å². The lowest BCUT2D eigenvalue weighted by molar-refractivity contribution is -0.123. The first-order valence-electron chi connectivity index (χ1n) is 8.58. The smallest absolute Gasteiger partial charge is 0.237 e. The summed E-state index contributed by atoms with van der Waals surface area (Å²) in [5.74, 6) is -0.753. The van der Waals surface area contributed by atoms with E-state index in [2.05, 4.69) is 15.2 Å². The molecular formula is C19H21FN4OS. The number of hydrogen-bond donors (Lipinski definition) is 1. The second kappa shape index (κ2) is 7.45. The molecule has 1 amide bonds. The number of rotatable bonds is 6. The molecule has 5 nitrogen and oxygen atoms in total. The Hall–Kier alpha value is -2.41. The monoisotopic (exact) mass is 372 g/mol. The first-order chi connectivity index (χ1) is 12.5. The van der Waals surface area contributed by atoms with Crippen molar-refractivity contribution in [2.24, 2.45) is 5.73 Å². The van der Waals surface area contributed by atoms with Crippen molar-refractivity contribution < 1.29 is 9.18 Å². The first-order valence-corrected chi connectivity index (χ1v) is 9.40. The van der Waals surface area contributed by atoms with E-state index in [1.54, 1.807) is 18.3 Å². The lowest BCUT2D eigenvalue weighted by Gasteiger charge is -2.32. The van der Waals surface area contributed by atoms with Gasteiger partial charge in [0.15, 0.2) is 5.41 Å². The van der Waals surface area contributed by atoms with Crippen LogP contribution in [0.1, 0.15) is 36.9 Å². The number of halogens is 1. The molecule has 2 atom stereocenters. The average Bonchev–Trinajstić information content (AvgIpc) is 3.11. The van der Waals surface area contributed by atoms with E-state index >= 15 is 4.39 Å². The highest BCUT2D eigenvalue weighted by molar-refractivity contribution is 7.15. The fourth-order valence-corrected chi connectivity index (χ4v) is 4.09. The third-order valence-electron chi connectivity index (χ3n) is 4.54. The summed E-state index contributed by atoms with van der Waals surface area (Å²) in [6, 6.07) is 3.68. The summed E-state index contributed by atoms with van der Waals surface area (Å²) in [6.45, 7) is 3.92. The number of nitrogens with zero attached hydrogens (tertiary/aromatic N) is 3. The van der Waals surface area contributed by atoms with E-state index in [9.17, 15) is 4.79 Å². The maximum absolute atomic E-state index is 15.4. The number of aromatic nitrogens is 3. The van der Waals surface area contributed by atoms with Crippen LogP contribution in [-0.4, -0.2) is 27.3 Å². The molecule has 3 rings (SSSR count). The maximum atomic E-state index is 15.4. The number of carbonyl (C=O) groups excluding carboxylic acids is 1. The first kappa shape index (κ1) is 18.4. The zero-order valence-corrected chi connectivity index (χ0v) is 15.6. The molecule has 0 fully saturated rings. The normalized spacial score (nSPS) is 22.3. The lowest BCUT2D eigenvalue weighted by Crippen LogP contribution is -2.49. The number of alkyl halides is 1. The summed E-state index contributed by atoms with van der Waals surface area (Å²) in [5.41, 5.74) is 6.30. The fourth-order valence-electron chi connectivity index (χ4n) is 3.05. The summed E-state index contributed by atoms with van der Waals surface area (Å²) in [6.07, 6.45) is 7.48. The molecule has 0 saturated heterocycles. The Bertz CT molecular complexity index is 876. The van der Waals surface area contributed by atoms with E-state index in [4.69, 9.17) is 5.73 Å². The summed E-state index contributed by atoms with van der Waals surface area (Å²) in [4.78, 5) is 16.5. The second-order valence-electron chi connectivity index (χ2n) is 6.40. The summed E-state index contributed by atoms with van der Waals surface area (Å²) in [7, 11) is 0. The fraction of sp³-hybridized carbons (Fsp3) is 0.368. The highest BCUT2D eigenvalue weighted by Gasteiger charge is 2.50. The molecule has 2 aromatic rings. The number of nitrogens with two attached hydrogens (primary N) is 1. The Balaban J connectivity index is 2.01. The summed E-state index contributed by atoms with van der Waals surface area (Å²) in [5, 5.41) is 9.18. The van der Waals surface area contributed by atoms with Crippen molar-refractivity contribution in [3.05, 3.63) is 52.8 Å². The minimum absolute atomic E-state index is 0.278. The number of aryl methyl sites for hydroxylation is 1. The van der Waals surface area contributed by atoms with E-state index in [0.29, 0.717) is 17.0 Å². The van der Waals surface area contributed by atoms with Gasteiger partial charge in [-0.1, -0.05) is 42.9 Å². The number of pyridine rings is 1. The molecule has 0 radical (unpaired) electrons. The van der Waals surface area contributed by atoms with Crippen molar-refractivity contribution in [2.45, 2.75) is 44.7 Å². The Kier molecular flexibility index (Phi) is 5.27. The number of allylic oxidation sites excluding steroid dienone is 3. The maximum Gasteiger partial charge on any atom is 0.237 e. The van der Waals surface area contributed by atoms with Crippen molar-refractivity contribution >= 4 is 17.2 Å².